The molecule has 6 nitrogen and oxygen atoms in total. The van der Waals surface area contributed by atoms with Gasteiger partial charge in [0, 0.05) is 23.6 Å². The molecule has 0 spiro atoms. The van der Waals surface area contributed by atoms with Crippen molar-refractivity contribution in [2.45, 2.75) is 33.1 Å². The summed E-state index contributed by atoms with van der Waals surface area (Å²) in [6, 6.07) is 9.84. The standard InChI is InChI=1S/C26H23F2N3O3/c1-14-10-17(6-7-18(14)20(32)12-16-4-5-16)19-13-29-26-15(2)11-23(30-31(19)26)34-22-9-8-21(33-3)24(27)25(22)28/h6-11,13,16H,4-5,12H2,1-3H3. The number of fused-ring (bicyclic) bond motifs is 1. The van der Waals surface area contributed by atoms with Gasteiger partial charge in [0.25, 0.3) is 0 Å². The number of aromatic nitrogens is 3. The van der Waals surface area contributed by atoms with Crippen LogP contribution in [0.3, 0.4) is 0 Å². The molecule has 1 aliphatic carbocycles. The van der Waals surface area contributed by atoms with Gasteiger partial charge in [-0.15, -0.1) is 5.10 Å². The van der Waals surface area contributed by atoms with Crippen LogP contribution in [0, 0.1) is 31.4 Å². The molecule has 4 aromatic rings. The van der Waals surface area contributed by atoms with Gasteiger partial charge in [-0.2, -0.15) is 8.78 Å². The Balaban J connectivity index is 1.50. The molecule has 2 heterocycles. The van der Waals surface area contributed by atoms with Crippen molar-refractivity contribution in [2.75, 3.05) is 7.11 Å². The average Bonchev–Trinajstić information content (AvgIpc) is 3.52. The highest BCUT2D eigenvalue weighted by Crippen LogP contribution is 2.35. The summed E-state index contributed by atoms with van der Waals surface area (Å²) in [5.74, 6) is -2.03. The largest absolute Gasteiger partial charge is 0.494 e. The number of carbonyl (C=O) groups is 1. The number of Topliss-reactive ketones (excluding diaryl/α,β-unsaturated/α-hetero) is 1. The second kappa shape index (κ2) is 8.52. The third-order valence-electron chi connectivity index (χ3n) is 6.07. The molecule has 2 aromatic carbocycles. The quantitative estimate of drug-likeness (QED) is 0.311. The van der Waals surface area contributed by atoms with Gasteiger partial charge < -0.3 is 9.47 Å². The average molecular weight is 463 g/mol. The molecular formula is C26H23F2N3O3. The van der Waals surface area contributed by atoms with Gasteiger partial charge in [0.1, 0.15) is 0 Å². The van der Waals surface area contributed by atoms with Crippen LogP contribution in [0.2, 0.25) is 0 Å². The summed E-state index contributed by atoms with van der Waals surface area (Å²) >= 11 is 0. The summed E-state index contributed by atoms with van der Waals surface area (Å²) in [5, 5.41) is 4.46. The SMILES string of the molecule is COc1ccc(Oc2cc(C)c3ncc(-c4ccc(C(=O)CC5CC5)c(C)c4)n3n2)c(F)c1F. The van der Waals surface area contributed by atoms with E-state index in [1.807, 2.05) is 32.0 Å². The number of rotatable bonds is 7. The van der Waals surface area contributed by atoms with Gasteiger partial charge in [-0.05, 0) is 61.9 Å². The van der Waals surface area contributed by atoms with E-state index in [4.69, 9.17) is 9.47 Å². The third-order valence-corrected chi connectivity index (χ3v) is 6.07. The fourth-order valence-electron chi connectivity index (χ4n) is 4.03. The minimum absolute atomic E-state index is 0.0840. The lowest BCUT2D eigenvalue weighted by Crippen LogP contribution is -2.04. The first-order valence-electron chi connectivity index (χ1n) is 11.0. The third kappa shape index (κ3) is 4.00. The predicted octanol–water partition coefficient (Wildman–Crippen LogP) is 6.08. The van der Waals surface area contributed by atoms with Gasteiger partial charge in [-0.1, -0.05) is 12.1 Å². The second-order valence-electron chi connectivity index (χ2n) is 8.64. The molecule has 2 aromatic heterocycles. The Labute approximate surface area is 195 Å². The normalized spacial score (nSPS) is 13.3. The first kappa shape index (κ1) is 22.0. The molecule has 0 atom stereocenters. The lowest BCUT2D eigenvalue weighted by molar-refractivity contribution is 0.0975. The first-order valence-corrected chi connectivity index (χ1v) is 11.0. The Bertz CT molecular complexity index is 1430. The fourth-order valence-corrected chi connectivity index (χ4v) is 4.03. The molecule has 8 heteroatoms. The van der Waals surface area contributed by atoms with Crippen molar-refractivity contribution >= 4 is 11.4 Å². The first-order chi connectivity index (χ1) is 16.4. The summed E-state index contributed by atoms with van der Waals surface area (Å²) in [7, 11) is 1.26. The molecule has 1 fully saturated rings. The van der Waals surface area contributed by atoms with Crippen molar-refractivity contribution < 1.29 is 23.0 Å². The molecule has 1 saturated carbocycles. The number of hydrogen-bond acceptors (Lipinski definition) is 5. The van der Waals surface area contributed by atoms with Crippen molar-refractivity contribution in [1.82, 2.24) is 14.6 Å². The molecule has 0 amide bonds. The number of benzene rings is 2. The van der Waals surface area contributed by atoms with E-state index < -0.39 is 11.6 Å². The van der Waals surface area contributed by atoms with Crippen LogP contribution < -0.4 is 9.47 Å². The second-order valence-corrected chi connectivity index (χ2v) is 8.64. The number of nitrogens with zero attached hydrogens (tertiary/aromatic N) is 3. The molecule has 34 heavy (non-hydrogen) atoms. The van der Waals surface area contributed by atoms with Crippen LogP contribution in [0.5, 0.6) is 17.4 Å². The van der Waals surface area contributed by atoms with Gasteiger partial charge in [-0.3, -0.25) is 4.79 Å². The number of ketones is 1. The molecule has 5 rings (SSSR count). The van der Waals surface area contributed by atoms with Crippen molar-refractivity contribution in [1.29, 1.82) is 0 Å². The number of methoxy groups -OCH3 is 1. The van der Waals surface area contributed by atoms with Crippen molar-refractivity contribution in [3.63, 3.8) is 0 Å². The van der Waals surface area contributed by atoms with Gasteiger partial charge >= 0.3 is 0 Å². The smallest absolute Gasteiger partial charge is 0.237 e. The lowest BCUT2D eigenvalue weighted by atomic mass is 9.98. The van der Waals surface area contributed by atoms with Crippen LogP contribution in [-0.4, -0.2) is 27.5 Å². The Morgan fingerprint density at radius 2 is 1.79 bits per heavy atom. The van der Waals surface area contributed by atoms with E-state index >= 15 is 0 Å². The number of halogens is 2. The van der Waals surface area contributed by atoms with Crippen molar-refractivity contribution in [2.24, 2.45) is 5.92 Å². The van der Waals surface area contributed by atoms with Gasteiger partial charge in [-0.25, -0.2) is 9.50 Å². The monoisotopic (exact) mass is 463 g/mol. The van der Waals surface area contributed by atoms with Gasteiger partial charge in [0.15, 0.2) is 22.9 Å². The molecule has 174 valence electrons. The highest BCUT2D eigenvalue weighted by molar-refractivity contribution is 5.98. The van der Waals surface area contributed by atoms with Crippen molar-refractivity contribution in [3.05, 3.63) is 70.9 Å². The minimum atomic E-state index is -1.16. The Kier molecular flexibility index (Phi) is 5.51. The van der Waals surface area contributed by atoms with E-state index in [1.165, 1.54) is 19.2 Å². The lowest BCUT2D eigenvalue weighted by Gasteiger charge is -2.11. The molecule has 0 aliphatic heterocycles. The van der Waals surface area contributed by atoms with Crippen LogP contribution in [0.4, 0.5) is 8.78 Å². The maximum atomic E-state index is 14.4. The van der Waals surface area contributed by atoms with E-state index in [-0.39, 0.29) is 23.2 Å². The van der Waals surface area contributed by atoms with E-state index in [0.29, 0.717) is 23.7 Å². The maximum Gasteiger partial charge on any atom is 0.237 e. The number of imidazole rings is 1. The highest BCUT2D eigenvalue weighted by atomic mass is 19.2. The number of aryl methyl sites for hydroxylation is 2. The summed E-state index contributed by atoms with van der Waals surface area (Å²) < 4.78 is 40.5. The zero-order valence-corrected chi connectivity index (χ0v) is 19.1. The zero-order chi connectivity index (χ0) is 24.0. The van der Waals surface area contributed by atoms with Crippen molar-refractivity contribution in [3.8, 4) is 28.6 Å². The van der Waals surface area contributed by atoms with E-state index in [1.54, 1.807) is 16.8 Å². The van der Waals surface area contributed by atoms with E-state index in [0.717, 1.165) is 35.1 Å². The van der Waals surface area contributed by atoms with E-state index in [9.17, 15) is 13.6 Å². The maximum absolute atomic E-state index is 14.4. The van der Waals surface area contributed by atoms with Crippen LogP contribution in [0.15, 0.2) is 42.6 Å². The fraction of sp³-hybridized carbons (Fsp3) is 0.269. The summed E-state index contributed by atoms with van der Waals surface area (Å²) in [6.45, 7) is 3.75. The number of carbonyl (C=O) groups excluding carboxylic acids is 1. The Hall–Kier alpha value is -3.81. The molecule has 0 saturated heterocycles. The molecular weight excluding hydrogens is 440 g/mol. The van der Waals surface area contributed by atoms with Crippen LogP contribution >= 0.6 is 0 Å². The Morgan fingerprint density at radius 1 is 1.06 bits per heavy atom. The van der Waals surface area contributed by atoms with Crippen LogP contribution in [0.25, 0.3) is 16.9 Å². The molecule has 0 unspecified atom stereocenters. The predicted molar refractivity (Wildman–Crippen MR) is 123 cm³/mol. The highest BCUT2D eigenvalue weighted by Gasteiger charge is 2.25. The molecule has 0 bridgehead atoms. The molecule has 1 aliphatic rings. The summed E-state index contributed by atoms with van der Waals surface area (Å²) in [5.41, 5.74) is 4.49. The van der Waals surface area contributed by atoms with Gasteiger partial charge in [0.2, 0.25) is 17.5 Å². The number of hydrogen-bond donors (Lipinski definition) is 0. The summed E-state index contributed by atoms with van der Waals surface area (Å²) in [6.07, 6.45) is 4.55. The van der Waals surface area contributed by atoms with E-state index in [2.05, 4.69) is 10.1 Å². The topological polar surface area (TPSA) is 65.7 Å². The molecule has 0 N–H and O–H groups in total. The minimum Gasteiger partial charge on any atom is -0.494 e. The molecule has 0 radical (unpaired) electrons. The van der Waals surface area contributed by atoms with Crippen LogP contribution in [-0.2, 0) is 0 Å². The van der Waals surface area contributed by atoms with Gasteiger partial charge in [0.05, 0.1) is 19.0 Å². The Morgan fingerprint density at radius 3 is 2.50 bits per heavy atom. The number of ether oxygens (including phenoxy) is 2. The zero-order valence-electron chi connectivity index (χ0n) is 19.1. The van der Waals surface area contributed by atoms with Crippen LogP contribution in [0.1, 0.15) is 40.7 Å². The summed E-state index contributed by atoms with van der Waals surface area (Å²) in [4.78, 5) is 17.0.